The van der Waals surface area contributed by atoms with Crippen LogP contribution in [0.2, 0.25) is 0 Å². The van der Waals surface area contributed by atoms with Gasteiger partial charge in [0.05, 0.1) is 25.1 Å². The van der Waals surface area contributed by atoms with Crippen LogP contribution in [0.1, 0.15) is 36.2 Å². The van der Waals surface area contributed by atoms with Crippen LogP contribution in [0.4, 0.5) is 0 Å². The number of hydrogen-bond donors (Lipinski definition) is 1. The Balaban J connectivity index is 1.78. The summed E-state index contributed by atoms with van der Waals surface area (Å²) < 4.78 is 12.5. The van der Waals surface area contributed by atoms with Crippen LogP contribution in [0.15, 0.2) is 18.2 Å². The Hall–Kier alpha value is -2.36. The van der Waals surface area contributed by atoms with Gasteiger partial charge in [-0.25, -0.2) is 4.98 Å². The van der Waals surface area contributed by atoms with E-state index in [1.165, 1.54) is 11.3 Å². The normalized spacial score (nSPS) is 16.8. The number of ether oxygens (including phenoxy) is 2. The first kappa shape index (κ1) is 20.9. The number of hydrogen-bond acceptors (Lipinski definition) is 8. The van der Waals surface area contributed by atoms with Gasteiger partial charge in [0.1, 0.15) is 0 Å². The Morgan fingerprint density at radius 1 is 1.10 bits per heavy atom. The van der Waals surface area contributed by atoms with E-state index in [-0.39, 0.29) is 11.9 Å². The second-order valence-corrected chi connectivity index (χ2v) is 8.36. The summed E-state index contributed by atoms with van der Waals surface area (Å²) in [5.41, 5.74) is 1.05. The molecule has 8 nitrogen and oxygen atoms in total. The first-order valence-corrected chi connectivity index (χ1v) is 11.2. The number of thiazole rings is 1. The van der Waals surface area contributed by atoms with Gasteiger partial charge in [0, 0.05) is 32.6 Å². The van der Waals surface area contributed by atoms with Gasteiger partial charge in [-0.15, -0.1) is 5.10 Å². The number of methoxy groups -OCH3 is 2. The van der Waals surface area contributed by atoms with E-state index in [4.69, 9.17) is 9.47 Å². The van der Waals surface area contributed by atoms with E-state index in [0.29, 0.717) is 11.5 Å². The molecule has 30 heavy (non-hydrogen) atoms. The minimum atomic E-state index is -0.109. The Bertz CT molecular complexity index is 1010. The highest BCUT2D eigenvalue weighted by Crippen LogP contribution is 2.42. The van der Waals surface area contributed by atoms with Crippen LogP contribution in [0.5, 0.6) is 17.4 Å². The molecule has 1 fully saturated rings. The van der Waals surface area contributed by atoms with Gasteiger partial charge in [-0.05, 0) is 24.2 Å². The average molecular weight is 432 g/mol. The van der Waals surface area contributed by atoms with E-state index in [9.17, 15) is 5.11 Å². The maximum atomic E-state index is 11.1. The van der Waals surface area contributed by atoms with E-state index < -0.39 is 0 Å². The van der Waals surface area contributed by atoms with Crippen molar-refractivity contribution in [3.05, 3.63) is 34.5 Å². The fraction of sp³-hybridized carbons (Fsp3) is 0.524. The van der Waals surface area contributed by atoms with Crippen LogP contribution in [0.25, 0.3) is 4.96 Å². The summed E-state index contributed by atoms with van der Waals surface area (Å²) >= 11 is 1.50. The number of fused-ring (bicyclic) bond motifs is 1. The number of aromatic hydroxyl groups is 1. The minimum Gasteiger partial charge on any atom is -0.493 e. The topological polar surface area (TPSA) is 75.4 Å². The van der Waals surface area contributed by atoms with Crippen molar-refractivity contribution in [2.75, 3.05) is 46.9 Å². The molecule has 3 aromatic rings. The highest BCUT2D eigenvalue weighted by atomic mass is 32.1. The van der Waals surface area contributed by atoms with Gasteiger partial charge >= 0.3 is 0 Å². The number of aryl methyl sites for hydroxylation is 1. The number of nitrogens with zero attached hydrogens (tertiary/aromatic N) is 5. The van der Waals surface area contributed by atoms with Crippen LogP contribution in [0.3, 0.4) is 0 Å². The summed E-state index contributed by atoms with van der Waals surface area (Å²) in [5.74, 6) is 2.27. The number of likely N-dealkylation sites (N-methyl/N-ethyl adjacent to an activating group) is 1. The molecule has 1 aliphatic rings. The first-order valence-electron chi connectivity index (χ1n) is 10.3. The molecule has 4 rings (SSSR count). The zero-order valence-corrected chi connectivity index (χ0v) is 18.8. The van der Waals surface area contributed by atoms with Crippen molar-refractivity contribution in [3.8, 4) is 17.4 Å². The molecule has 2 aromatic heterocycles. The fourth-order valence-electron chi connectivity index (χ4n) is 4.01. The van der Waals surface area contributed by atoms with E-state index in [0.717, 1.165) is 60.4 Å². The zero-order chi connectivity index (χ0) is 21.3. The molecule has 1 atom stereocenters. The van der Waals surface area contributed by atoms with Gasteiger partial charge in [-0.1, -0.05) is 31.3 Å². The van der Waals surface area contributed by atoms with Gasteiger partial charge < -0.3 is 19.5 Å². The second-order valence-electron chi connectivity index (χ2n) is 7.35. The lowest BCUT2D eigenvalue weighted by Crippen LogP contribution is -2.47. The highest BCUT2D eigenvalue weighted by Gasteiger charge is 2.32. The molecule has 1 aliphatic heterocycles. The molecule has 1 N–H and O–H groups in total. The lowest BCUT2D eigenvalue weighted by atomic mass is 10.0. The van der Waals surface area contributed by atoms with Crippen LogP contribution in [-0.4, -0.2) is 76.4 Å². The second kappa shape index (κ2) is 8.79. The lowest BCUT2D eigenvalue weighted by molar-refractivity contribution is 0.113. The van der Waals surface area contributed by atoms with Crippen molar-refractivity contribution in [3.63, 3.8) is 0 Å². The third kappa shape index (κ3) is 3.73. The molecule has 162 valence electrons. The maximum Gasteiger partial charge on any atom is 0.230 e. The molecule has 1 saturated heterocycles. The smallest absolute Gasteiger partial charge is 0.230 e. The summed E-state index contributed by atoms with van der Waals surface area (Å²) in [5, 5.41) is 15.5. The molecule has 0 bridgehead atoms. The van der Waals surface area contributed by atoms with Crippen molar-refractivity contribution in [2.45, 2.75) is 26.3 Å². The van der Waals surface area contributed by atoms with E-state index >= 15 is 0 Å². The minimum absolute atomic E-state index is 0.109. The third-order valence-corrected chi connectivity index (χ3v) is 6.82. The molecule has 0 spiro atoms. The number of aromatic nitrogens is 3. The Labute approximate surface area is 180 Å². The summed E-state index contributed by atoms with van der Waals surface area (Å²) in [6, 6.07) is 5.86. The molecule has 9 heteroatoms. The standard InChI is InChI=1S/C21H29N5O3S/c1-5-17-22-21-26(23-17)20(27)19(30-21)18(25-11-9-24(6-2)10-12-25)14-7-8-15(28-3)16(13-14)29-4/h7-8,13,18,27H,5-6,9-12H2,1-4H3. The van der Waals surface area contributed by atoms with Crippen molar-refractivity contribution in [2.24, 2.45) is 0 Å². The Morgan fingerprint density at radius 2 is 1.83 bits per heavy atom. The van der Waals surface area contributed by atoms with E-state index in [2.05, 4.69) is 26.8 Å². The number of piperazine rings is 1. The zero-order valence-electron chi connectivity index (χ0n) is 18.0. The van der Waals surface area contributed by atoms with Gasteiger partial charge in [-0.2, -0.15) is 4.52 Å². The van der Waals surface area contributed by atoms with Crippen molar-refractivity contribution in [1.82, 2.24) is 24.4 Å². The van der Waals surface area contributed by atoms with Crippen LogP contribution in [-0.2, 0) is 6.42 Å². The number of rotatable bonds is 7. The van der Waals surface area contributed by atoms with Crippen LogP contribution < -0.4 is 9.47 Å². The monoisotopic (exact) mass is 431 g/mol. The van der Waals surface area contributed by atoms with Gasteiger partial charge in [0.2, 0.25) is 10.8 Å². The SMILES string of the molecule is CCc1nc2sc(C(c3ccc(OC)c(OC)c3)N3CCN(CC)CC3)c(O)n2n1. The lowest BCUT2D eigenvalue weighted by Gasteiger charge is -2.38. The van der Waals surface area contributed by atoms with Gasteiger partial charge in [0.25, 0.3) is 0 Å². The fourth-order valence-corrected chi connectivity index (χ4v) is 5.14. The third-order valence-electron chi connectivity index (χ3n) is 5.75. The maximum absolute atomic E-state index is 11.1. The molecular weight excluding hydrogens is 402 g/mol. The molecular formula is C21H29N5O3S. The van der Waals surface area contributed by atoms with Gasteiger partial charge in [-0.3, -0.25) is 4.90 Å². The summed E-state index contributed by atoms with van der Waals surface area (Å²) in [7, 11) is 3.28. The first-order chi connectivity index (χ1) is 14.6. The Kier molecular flexibility index (Phi) is 6.12. The van der Waals surface area contributed by atoms with Crippen molar-refractivity contribution < 1.29 is 14.6 Å². The molecule has 0 aliphatic carbocycles. The molecule has 0 saturated carbocycles. The van der Waals surface area contributed by atoms with E-state index in [1.54, 1.807) is 18.7 Å². The van der Waals surface area contributed by atoms with Gasteiger partial charge in [0.15, 0.2) is 17.3 Å². The van der Waals surface area contributed by atoms with Crippen LogP contribution >= 0.6 is 11.3 Å². The summed E-state index contributed by atoms with van der Waals surface area (Å²) in [6.07, 6.45) is 0.737. The molecule has 1 unspecified atom stereocenters. The van der Waals surface area contributed by atoms with Crippen molar-refractivity contribution >= 4 is 16.3 Å². The largest absolute Gasteiger partial charge is 0.493 e. The molecule has 0 radical (unpaired) electrons. The van der Waals surface area contributed by atoms with Crippen molar-refractivity contribution in [1.29, 1.82) is 0 Å². The quantitative estimate of drug-likeness (QED) is 0.616. The number of benzene rings is 1. The Morgan fingerprint density at radius 3 is 2.43 bits per heavy atom. The highest BCUT2D eigenvalue weighted by molar-refractivity contribution is 7.17. The van der Waals surface area contributed by atoms with E-state index in [1.807, 2.05) is 25.1 Å². The summed E-state index contributed by atoms with van der Waals surface area (Å²) in [6.45, 7) is 9.09. The average Bonchev–Trinajstić information content (AvgIpc) is 3.33. The molecule has 1 aromatic carbocycles. The predicted molar refractivity (Wildman–Crippen MR) is 117 cm³/mol. The molecule has 3 heterocycles. The molecule has 0 amide bonds. The summed E-state index contributed by atoms with van der Waals surface area (Å²) in [4.78, 5) is 11.0. The van der Waals surface area contributed by atoms with Crippen LogP contribution in [0, 0.1) is 0 Å². The predicted octanol–water partition coefficient (Wildman–Crippen LogP) is 2.80.